The molecule has 0 bridgehead atoms. The molecule has 0 unspecified atom stereocenters. The average molecular weight is 1040 g/mol. The van der Waals surface area contributed by atoms with Gasteiger partial charge in [-0.15, -0.1) is 0 Å². The van der Waals surface area contributed by atoms with Crippen LogP contribution in [0.15, 0.2) is 0 Å². The van der Waals surface area contributed by atoms with Gasteiger partial charge in [-0.2, -0.15) is 0 Å². The van der Waals surface area contributed by atoms with Crippen LogP contribution in [-0.2, 0) is 47.9 Å². The third kappa shape index (κ3) is 24.0. The zero-order chi connectivity index (χ0) is 56.0. The van der Waals surface area contributed by atoms with Gasteiger partial charge in [0.15, 0.2) is 0 Å². The van der Waals surface area contributed by atoms with Crippen molar-refractivity contribution in [2.75, 3.05) is 6.54 Å². The van der Waals surface area contributed by atoms with E-state index in [1.807, 2.05) is 83.1 Å². The number of hydrogen-bond donors (Lipinski definition) is 10. The molecule has 0 aliphatic carbocycles. The Bertz CT molecular complexity index is 1860. The van der Waals surface area contributed by atoms with Gasteiger partial charge in [0.1, 0.15) is 48.3 Å². The summed E-state index contributed by atoms with van der Waals surface area (Å²) in [5.41, 5.74) is 11.6. The third-order valence-corrected chi connectivity index (χ3v) is 12.7. The van der Waals surface area contributed by atoms with Crippen molar-refractivity contribution in [3.05, 3.63) is 0 Å². The lowest BCUT2D eigenvalue weighted by molar-refractivity contribution is -0.143. The molecule has 0 spiro atoms. The summed E-state index contributed by atoms with van der Waals surface area (Å²) >= 11 is 0. The third-order valence-electron chi connectivity index (χ3n) is 12.7. The minimum absolute atomic E-state index is 0.00559. The van der Waals surface area contributed by atoms with Gasteiger partial charge in [-0.1, -0.05) is 103 Å². The summed E-state index contributed by atoms with van der Waals surface area (Å²) in [6, 6.07) is -10.1. The van der Waals surface area contributed by atoms with E-state index in [4.69, 9.17) is 11.5 Å². The van der Waals surface area contributed by atoms with Gasteiger partial charge in [0.25, 0.3) is 0 Å². The number of nitrogens with one attached hydrogen (secondary N) is 7. The first kappa shape index (κ1) is 65.7. The van der Waals surface area contributed by atoms with Crippen LogP contribution in [0.5, 0.6) is 0 Å². The number of rotatable bonds is 33. The maximum Gasteiger partial charge on any atom is 0.326 e. The molecule has 418 valence electrons. The Labute approximate surface area is 434 Å². The number of carbonyl (C=O) groups excluding carboxylic acids is 9. The molecule has 0 saturated carbocycles. The number of aliphatic carboxylic acids is 1. The highest BCUT2D eigenvalue weighted by molar-refractivity contribution is 5.98. The molecule has 1 saturated heterocycles. The summed E-state index contributed by atoms with van der Waals surface area (Å²) in [7, 11) is 0. The molecule has 1 aliphatic heterocycles. The maximum absolute atomic E-state index is 14.4. The monoisotopic (exact) mass is 1030 g/mol. The van der Waals surface area contributed by atoms with E-state index in [0.717, 1.165) is 0 Å². The molecule has 1 heterocycles. The van der Waals surface area contributed by atoms with Crippen molar-refractivity contribution in [2.24, 2.45) is 52.9 Å². The number of amides is 9. The predicted molar refractivity (Wildman–Crippen MR) is 278 cm³/mol. The predicted octanol–water partition coefficient (Wildman–Crippen LogP) is 2.37. The van der Waals surface area contributed by atoms with Gasteiger partial charge in [0.05, 0.1) is 6.04 Å². The highest BCUT2D eigenvalue weighted by Crippen LogP contribution is 2.22. The molecule has 0 aromatic heterocycles. The van der Waals surface area contributed by atoms with Crippen molar-refractivity contribution in [1.29, 1.82) is 0 Å². The van der Waals surface area contributed by atoms with Crippen LogP contribution >= 0.6 is 0 Å². The summed E-state index contributed by atoms with van der Waals surface area (Å²) in [5.74, 6) is -7.89. The van der Waals surface area contributed by atoms with Gasteiger partial charge in [0.2, 0.25) is 53.2 Å². The van der Waals surface area contributed by atoms with Gasteiger partial charge < -0.3 is 58.7 Å². The average Bonchev–Trinajstić information content (AvgIpc) is 3.77. The quantitative estimate of drug-likeness (QED) is 0.0453. The Balaban J connectivity index is 3.46. The fourth-order valence-corrected chi connectivity index (χ4v) is 8.75. The summed E-state index contributed by atoms with van der Waals surface area (Å²) in [6.07, 6.45) is 1.87. The second-order valence-corrected chi connectivity index (χ2v) is 22.7. The van der Waals surface area contributed by atoms with Crippen molar-refractivity contribution >= 4 is 59.1 Å². The van der Waals surface area contributed by atoms with Gasteiger partial charge in [-0.05, 0) is 99.2 Å². The summed E-state index contributed by atoms with van der Waals surface area (Å²) in [4.78, 5) is 137. The number of nitrogens with two attached hydrogens (primary N) is 2. The van der Waals surface area contributed by atoms with Crippen molar-refractivity contribution in [3.8, 4) is 0 Å². The standard InChI is InChI=1S/C52H94N10O11/c1-15-33(14)43(50(70)58-38(24-30(8)9)48(68)60-40(52(72)73)26-32(12)13)61-45(65)35(18-19-42(54)63)55-46(66)37(23-29(6)7)57-49(69)41-17-16-20-62(41)51(71)39(25-31(10)11)59-47(67)36(22-28(4)5)56-44(64)34(53)21-27(2)3/h27-41,43H,15-26,53H2,1-14H3,(H2,54,63)(H,55,66)(H,56,64)(H,57,69)(H,58,70)(H,59,67)(H,60,68)(H,61,65)(H,72,73)/t33-,34-,35-,36-,37-,38-,39-,40-,41-,43-/m0/s1. The lowest BCUT2D eigenvalue weighted by Gasteiger charge is -2.32. The Morgan fingerprint density at radius 1 is 0.507 bits per heavy atom. The number of hydrogen-bond acceptors (Lipinski definition) is 11. The van der Waals surface area contributed by atoms with Crippen LogP contribution in [0, 0.1) is 41.4 Å². The van der Waals surface area contributed by atoms with E-state index in [2.05, 4.69) is 37.2 Å². The lowest BCUT2D eigenvalue weighted by Crippen LogP contribution is -2.61. The molecular weight excluding hydrogens is 941 g/mol. The van der Waals surface area contributed by atoms with Crippen LogP contribution in [0.4, 0.5) is 0 Å². The van der Waals surface area contributed by atoms with Crippen LogP contribution in [0.3, 0.4) is 0 Å². The second-order valence-electron chi connectivity index (χ2n) is 22.7. The Morgan fingerprint density at radius 3 is 1.33 bits per heavy atom. The molecule has 10 atom stereocenters. The Kier molecular flexibility index (Phi) is 28.9. The van der Waals surface area contributed by atoms with Gasteiger partial charge in [-0.3, -0.25) is 43.2 Å². The number of likely N-dealkylation sites (tertiary alicyclic amines) is 1. The van der Waals surface area contributed by atoms with E-state index in [-0.39, 0.29) is 93.4 Å². The summed E-state index contributed by atoms with van der Waals surface area (Å²) in [6.45, 7) is 26.1. The fraction of sp³-hybridized carbons (Fsp3) is 0.808. The van der Waals surface area contributed by atoms with E-state index < -0.39 is 119 Å². The molecular formula is C52H94N10O11. The summed E-state index contributed by atoms with van der Waals surface area (Å²) < 4.78 is 0. The van der Waals surface area contributed by atoms with Gasteiger partial charge in [0, 0.05) is 13.0 Å². The smallest absolute Gasteiger partial charge is 0.326 e. The lowest BCUT2D eigenvalue weighted by atomic mass is 9.95. The normalized spacial score (nSPS) is 17.5. The Hall–Kier alpha value is -5.34. The van der Waals surface area contributed by atoms with Crippen LogP contribution < -0.4 is 48.7 Å². The van der Waals surface area contributed by atoms with Crippen LogP contribution in [0.1, 0.15) is 168 Å². The highest BCUT2D eigenvalue weighted by atomic mass is 16.4. The van der Waals surface area contributed by atoms with Crippen LogP contribution in [0.2, 0.25) is 0 Å². The van der Waals surface area contributed by atoms with Crippen molar-refractivity contribution in [1.82, 2.24) is 42.1 Å². The van der Waals surface area contributed by atoms with E-state index in [1.54, 1.807) is 13.8 Å². The number of primary amides is 1. The molecule has 73 heavy (non-hydrogen) atoms. The molecule has 12 N–H and O–H groups in total. The highest BCUT2D eigenvalue weighted by Gasteiger charge is 2.41. The van der Waals surface area contributed by atoms with E-state index in [9.17, 15) is 53.1 Å². The topological polar surface area (TPSA) is 330 Å². The van der Waals surface area contributed by atoms with Crippen molar-refractivity contribution in [3.63, 3.8) is 0 Å². The van der Waals surface area contributed by atoms with Crippen LogP contribution in [0.25, 0.3) is 0 Å². The Morgan fingerprint density at radius 2 is 0.890 bits per heavy atom. The first-order chi connectivity index (χ1) is 33.9. The van der Waals surface area contributed by atoms with Crippen molar-refractivity contribution < 1.29 is 53.1 Å². The largest absolute Gasteiger partial charge is 0.480 e. The van der Waals surface area contributed by atoms with Gasteiger partial charge in [-0.25, -0.2) is 4.79 Å². The fourth-order valence-electron chi connectivity index (χ4n) is 8.75. The minimum atomic E-state index is -1.42. The van der Waals surface area contributed by atoms with Crippen molar-refractivity contribution in [2.45, 2.75) is 222 Å². The van der Waals surface area contributed by atoms with E-state index in [0.29, 0.717) is 19.3 Å². The van der Waals surface area contributed by atoms with Crippen LogP contribution in [-0.4, -0.2) is 130 Å². The van der Waals surface area contributed by atoms with E-state index in [1.165, 1.54) is 4.90 Å². The van der Waals surface area contributed by atoms with Gasteiger partial charge >= 0.3 is 5.97 Å². The minimum Gasteiger partial charge on any atom is -0.480 e. The molecule has 21 heteroatoms. The molecule has 0 radical (unpaired) electrons. The first-order valence-electron chi connectivity index (χ1n) is 26.6. The molecule has 1 rings (SSSR count). The molecule has 0 aromatic carbocycles. The number of carboxylic acids is 1. The zero-order valence-electron chi connectivity index (χ0n) is 46.4. The second kappa shape index (κ2) is 32.1. The number of carboxylic acid groups (broad SMARTS) is 1. The molecule has 1 fully saturated rings. The molecule has 1 aliphatic rings. The molecule has 21 nitrogen and oxygen atoms in total. The maximum atomic E-state index is 14.4. The zero-order valence-corrected chi connectivity index (χ0v) is 46.4. The molecule has 9 amide bonds. The number of carbonyl (C=O) groups is 10. The SMILES string of the molecule is CC[C@H](C)[C@H](NC(=O)[C@H](CCC(N)=O)NC(=O)[C@H](CC(C)C)NC(=O)[C@@H]1CCCN1C(=O)[C@H](CC(C)C)NC(=O)[C@H](CC(C)C)NC(=O)[C@@H](N)CC(C)C)C(=O)N[C@@H](CC(C)C)C(=O)N[C@@H](CC(C)C)C(=O)O. The van der Waals surface area contributed by atoms with E-state index >= 15 is 0 Å². The molecule has 0 aromatic rings. The number of nitrogens with zero attached hydrogens (tertiary/aromatic N) is 1. The first-order valence-corrected chi connectivity index (χ1v) is 26.6. The summed E-state index contributed by atoms with van der Waals surface area (Å²) in [5, 5.41) is 28.8.